The number of carbonyl (C=O) groups is 4. The van der Waals surface area contributed by atoms with Crippen LogP contribution in [0.3, 0.4) is 0 Å². The minimum absolute atomic E-state index is 0.0364. The average molecular weight is 844 g/mol. The lowest BCUT2D eigenvalue weighted by molar-refractivity contribution is -0.120. The summed E-state index contributed by atoms with van der Waals surface area (Å²) in [5.74, 6) is 0.253. The van der Waals surface area contributed by atoms with Crippen LogP contribution in [0.15, 0.2) is 12.4 Å². The Labute approximate surface area is 360 Å². The molecule has 4 amide bonds. The van der Waals surface area contributed by atoms with E-state index in [9.17, 15) is 19.2 Å². The molecule has 2 rings (SSSR count). The van der Waals surface area contributed by atoms with Crippen LogP contribution in [0.5, 0.6) is 0 Å². The van der Waals surface area contributed by atoms with Gasteiger partial charge < -0.3 is 32.2 Å². The Kier molecular flexibility index (Phi) is 30.2. The third kappa shape index (κ3) is 29.3. The number of nitrogens with two attached hydrogens (primary N) is 2. The van der Waals surface area contributed by atoms with Gasteiger partial charge in [-0.3, -0.25) is 28.5 Å². The Balaban J connectivity index is 1.55. The van der Waals surface area contributed by atoms with Crippen LogP contribution in [0.2, 0.25) is 0 Å². The zero-order valence-corrected chi connectivity index (χ0v) is 37.3. The number of ether oxygens (including phenoxy) is 1. The van der Waals surface area contributed by atoms with E-state index in [-0.39, 0.29) is 29.7 Å². The molecule has 60 heavy (non-hydrogen) atoms. The van der Waals surface area contributed by atoms with Crippen molar-refractivity contribution in [1.29, 1.82) is 0 Å². The van der Waals surface area contributed by atoms with E-state index in [2.05, 4.69) is 36.6 Å². The number of aryl methyl sites for hydroxylation is 2. The van der Waals surface area contributed by atoms with E-state index in [1.54, 1.807) is 13.8 Å². The van der Waals surface area contributed by atoms with Gasteiger partial charge in [-0.15, -0.1) is 10.2 Å². The number of nitrogens with one attached hydrogen (secondary N) is 3. The quantitative estimate of drug-likeness (QED) is 0.0480. The number of unbranched alkanes of at least 4 members (excludes halogenated alkanes) is 15. The summed E-state index contributed by atoms with van der Waals surface area (Å²) in [6, 6.07) is -0.310. The predicted octanol–water partition coefficient (Wildman–Crippen LogP) is 6.16. The van der Waals surface area contributed by atoms with Crippen molar-refractivity contribution in [2.45, 2.75) is 207 Å². The van der Waals surface area contributed by atoms with Crippen LogP contribution in [0, 0.1) is 5.92 Å². The molecule has 0 spiro atoms. The average Bonchev–Trinajstić information content (AvgIpc) is 3.87. The summed E-state index contributed by atoms with van der Waals surface area (Å²) in [6.45, 7) is 7.67. The summed E-state index contributed by atoms with van der Waals surface area (Å²) in [4.78, 5) is 45.1. The fourth-order valence-electron chi connectivity index (χ4n) is 7.51. The summed E-state index contributed by atoms with van der Waals surface area (Å²) in [5.41, 5.74) is 12.5. The van der Waals surface area contributed by atoms with Gasteiger partial charge in [-0.2, -0.15) is 0 Å². The van der Waals surface area contributed by atoms with Crippen molar-refractivity contribution in [3.8, 4) is 0 Å². The molecule has 2 aromatic rings. The number of hydrogen-bond donors (Lipinski definition) is 5. The van der Waals surface area contributed by atoms with Crippen molar-refractivity contribution < 1.29 is 23.9 Å². The first kappa shape index (κ1) is 52.2. The lowest BCUT2D eigenvalue weighted by atomic mass is 9.90. The molecule has 0 unspecified atom stereocenters. The van der Waals surface area contributed by atoms with Gasteiger partial charge in [-0.05, 0) is 63.8 Å². The first-order chi connectivity index (χ1) is 29.1. The van der Waals surface area contributed by atoms with E-state index in [1.165, 1.54) is 70.6 Å². The Hall–Kier alpha value is -3.92. The Morgan fingerprint density at radius 3 is 1.45 bits per heavy atom. The molecule has 16 heteroatoms. The van der Waals surface area contributed by atoms with E-state index in [1.807, 2.05) is 21.8 Å². The highest BCUT2D eigenvalue weighted by molar-refractivity contribution is 5.79. The molecular formula is C44H81N11O5. The lowest BCUT2D eigenvalue weighted by Gasteiger charge is -2.17. The summed E-state index contributed by atoms with van der Waals surface area (Å²) >= 11 is 0. The van der Waals surface area contributed by atoms with Gasteiger partial charge in [0.1, 0.15) is 11.4 Å². The van der Waals surface area contributed by atoms with E-state index in [4.69, 9.17) is 16.2 Å². The molecule has 0 bridgehead atoms. The number of primary amides is 2. The maximum Gasteiger partial charge on any atom is 0.234 e. The summed E-state index contributed by atoms with van der Waals surface area (Å²) in [5, 5.41) is 26.2. The van der Waals surface area contributed by atoms with E-state index >= 15 is 0 Å². The maximum atomic E-state index is 12.0. The molecule has 7 N–H and O–H groups in total. The maximum absolute atomic E-state index is 12.0. The summed E-state index contributed by atoms with van der Waals surface area (Å²) in [6.07, 6.45) is 30.7. The smallest absolute Gasteiger partial charge is 0.234 e. The molecule has 2 aromatic heterocycles. The zero-order valence-electron chi connectivity index (χ0n) is 37.3. The summed E-state index contributed by atoms with van der Waals surface area (Å²) in [7, 11) is 0. The van der Waals surface area contributed by atoms with Crippen LogP contribution in [0.1, 0.15) is 186 Å². The molecule has 0 aromatic carbocycles. The van der Waals surface area contributed by atoms with E-state index < -0.39 is 0 Å². The molecule has 0 fully saturated rings. The second kappa shape index (κ2) is 34.8. The number of hydrogen-bond acceptors (Lipinski definition) is 10. The standard InChI is InChI=1S/C44H81N11O5/c1-37(56)47-28-18-9-6-4-3-5-7-10-20-30-49-42(44(46)59)26-17-22-32-55-34-41(51-53-55)36-60-35-40-33-54(52-50-40)31-21-16-25-39(24-14-12-15-27-43(45)58)23-13-8-11-19-29-48-38(2)57/h33-34,39,42,49H,3-32,35-36H2,1-2H3,(H2,45,58)(H2,46,59)(H,47,56)(H,48,57)/t39-,42+/m1/s1. The number of amides is 4. The first-order valence-corrected chi connectivity index (χ1v) is 23.3. The van der Waals surface area contributed by atoms with Crippen molar-refractivity contribution in [2.24, 2.45) is 17.4 Å². The van der Waals surface area contributed by atoms with Crippen LogP contribution < -0.4 is 27.4 Å². The first-order valence-electron chi connectivity index (χ1n) is 23.3. The lowest BCUT2D eigenvalue weighted by Crippen LogP contribution is -2.41. The highest BCUT2D eigenvalue weighted by atomic mass is 16.5. The second-order valence-electron chi connectivity index (χ2n) is 16.6. The van der Waals surface area contributed by atoms with Gasteiger partial charge in [0.05, 0.1) is 31.6 Å². The van der Waals surface area contributed by atoms with Gasteiger partial charge in [-0.1, -0.05) is 113 Å². The summed E-state index contributed by atoms with van der Waals surface area (Å²) < 4.78 is 9.59. The normalized spacial score (nSPS) is 12.4. The van der Waals surface area contributed by atoms with Crippen LogP contribution in [0.25, 0.3) is 0 Å². The second-order valence-corrected chi connectivity index (χ2v) is 16.6. The highest BCUT2D eigenvalue weighted by Crippen LogP contribution is 2.24. The molecule has 0 saturated heterocycles. The Morgan fingerprint density at radius 1 is 0.567 bits per heavy atom. The number of carbonyl (C=O) groups excluding carboxylic acids is 4. The minimum Gasteiger partial charge on any atom is -0.370 e. The Bertz CT molecular complexity index is 1420. The topological polar surface area (TPSA) is 227 Å². The van der Waals surface area contributed by atoms with Gasteiger partial charge in [0.15, 0.2) is 0 Å². The molecule has 2 heterocycles. The predicted molar refractivity (Wildman–Crippen MR) is 235 cm³/mol. The van der Waals surface area contributed by atoms with Gasteiger partial charge in [0, 0.05) is 46.4 Å². The molecule has 0 radical (unpaired) electrons. The minimum atomic E-state index is -0.310. The SMILES string of the molecule is CC(=O)NCCCCCCCCCCCN[C@@H](CCCCn1cc(COCc2cn(CCCC[C@H](CCCCCCNC(C)=O)CCCCCC(N)=O)nn2)nn1)C(N)=O. The fourth-order valence-corrected chi connectivity index (χ4v) is 7.51. The molecule has 0 aliphatic heterocycles. The Morgan fingerprint density at radius 2 is 0.983 bits per heavy atom. The molecule has 0 aliphatic rings. The van der Waals surface area contributed by atoms with Gasteiger partial charge in [-0.25, -0.2) is 0 Å². The van der Waals surface area contributed by atoms with Crippen LogP contribution in [-0.4, -0.2) is 79.3 Å². The van der Waals surface area contributed by atoms with Crippen molar-refractivity contribution in [1.82, 2.24) is 45.9 Å². The van der Waals surface area contributed by atoms with Crippen molar-refractivity contribution in [3.63, 3.8) is 0 Å². The van der Waals surface area contributed by atoms with E-state index in [0.717, 1.165) is 115 Å². The van der Waals surface area contributed by atoms with Gasteiger partial charge >= 0.3 is 0 Å². The van der Waals surface area contributed by atoms with Gasteiger partial charge in [0.25, 0.3) is 0 Å². The molecule has 342 valence electrons. The fraction of sp³-hybridized carbons (Fsp3) is 0.818. The zero-order chi connectivity index (χ0) is 43.5. The molecule has 2 atom stereocenters. The number of nitrogens with zero attached hydrogens (tertiary/aromatic N) is 6. The molecule has 16 nitrogen and oxygen atoms in total. The molecule has 0 aliphatic carbocycles. The van der Waals surface area contributed by atoms with Crippen molar-refractivity contribution in [2.75, 3.05) is 19.6 Å². The van der Waals surface area contributed by atoms with Crippen molar-refractivity contribution in [3.05, 3.63) is 23.8 Å². The number of rotatable bonds is 41. The van der Waals surface area contributed by atoms with Crippen LogP contribution in [0.4, 0.5) is 0 Å². The third-order valence-electron chi connectivity index (χ3n) is 11.0. The third-order valence-corrected chi connectivity index (χ3v) is 11.0. The van der Waals surface area contributed by atoms with Crippen LogP contribution >= 0.6 is 0 Å². The molecular weight excluding hydrogens is 763 g/mol. The van der Waals surface area contributed by atoms with E-state index in [0.29, 0.717) is 38.5 Å². The monoisotopic (exact) mass is 844 g/mol. The number of aromatic nitrogens is 6. The van der Waals surface area contributed by atoms with Crippen molar-refractivity contribution >= 4 is 23.6 Å². The highest BCUT2D eigenvalue weighted by Gasteiger charge is 2.14. The van der Waals surface area contributed by atoms with Gasteiger partial charge in [0.2, 0.25) is 23.6 Å². The largest absolute Gasteiger partial charge is 0.370 e. The molecule has 0 saturated carbocycles. The van der Waals surface area contributed by atoms with Crippen LogP contribution in [-0.2, 0) is 50.2 Å².